The molecule has 3 heterocycles. The van der Waals surface area contributed by atoms with Crippen molar-refractivity contribution < 1.29 is 9.21 Å². The molecule has 2 aromatic heterocycles. The van der Waals surface area contributed by atoms with Crippen LogP contribution in [0.15, 0.2) is 46.0 Å². The summed E-state index contributed by atoms with van der Waals surface area (Å²) in [6.45, 7) is 6.08. The third kappa shape index (κ3) is 3.15. The van der Waals surface area contributed by atoms with Gasteiger partial charge in [0.15, 0.2) is 11.6 Å². The normalized spacial score (nSPS) is 20.0. The predicted molar refractivity (Wildman–Crippen MR) is 116 cm³/mol. The number of hydrogen-bond acceptors (Lipinski definition) is 5. The van der Waals surface area contributed by atoms with Crippen molar-refractivity contribution in [2.45, 2.75) is 39.7 Å². The van der Waals surface area contributed by atoms with Gasteiger partial charge in [0.25, 0.3) is 0 Å². The van der Waals surface area contributed by atoms with Crippen molar-refractivity contribution in [1.29, 1.82) is 0 Å². The monoisotopic (exact) mass is 442 g/mol. The Balaban J connectivity index is 1.68. The van der Waals surface area contributed by atoms with Crippen LogP contribution in [0, 0.1) is 12.3 Å². The van der Waals surface area contributed by atoms with Crippen LogP contribution >= 0.6 is 23.2 Å². The minimum absolute atomic E-state index is 0.0972. The Morgan fingerprint density at radius 3 is 2.70 bits per heavy atom. The highest BCUT2D eigenvalue weighted by molar-refractivity contribution is 6.36. The van der Waals surface area contributed by atoms with Gasteiger partial charge in [-0.2, -0.15) is 4.98 Å². The van der Waals surface area contributed by atoms with Gasteiger partial charge in [0.05, 0.1) is 5.02 Å². The third-order valence-electron chi connectivity index (χ3n) is 5.53. The number of anilines is 1. The Hall–Kier alpha value is -2.57. The largest absolute Gasteiger partial charge is 0.464 e. The van der Waals surface area contributed by atoms with Crippen molar-refractivity contribution in [2.24, 2.45) is 5.41 Å². The molecule has 1 aromatic carbocycles. The average Bonchev–Trinajstić information content (AvgIpc) is 3.24. The highest BCUT2D eigenvalue weighted by Crippen LogP contribution is 2.46. The number of furan rings is 1. The van der Waals surface area contributed by atoms with Crippen LogP contribution in [-0.2, 0) is 4.79 Å². The van der Waals surface area contributed by atoms with E-state index in [4.69, 9.17) is 32.7 Å². The van der Waals surface area contributed by atoms with Crippen molar-refractivity contribution in [3.63, 3.8) is 0 Å². The van der Waals surface area contributed by atoms with E-state index in [1.54, 1.807) is 22.9 Å². The maximum Gasteiger partial charge on any atom is 0.227 e. The van der Waals surface area contributed by atoms with E-state index in [-0.39, 0.29) is 11.2 Å². The molecule has 1 unspecified atom stereocenters. The summed E-state index contributed by atoms with van der Waals surface area (Å²) < 4.78 is 7.65. The SMILES string of the molecule is Cc1ccc(C2C3=C(CC(C)(C)CC3=O)Nc3nc(-c4ccc(Cl)cc4Cl)nn32)o1. The molecule has 30 heavy (non-hydrogen) atoms. The molecule has 8 heteroatoms. The van der Waals surface area contributed by atoms with Gasteiger partial charge in [-0.1, -0.05) is 37.0 Å². The number of carbonyl (C=O) groups is 1. The van der Waals surface area contributed by atoms with Crippen molar-refractivity contribution in [3.05, 3.63) is 63.2 Å². The van der Waals surface area contributed by atoms with Crippen molar-refractivity contribution in [1.82, 2.24) is 14.8 Å². The summed E-state index contributed by atoms with van der Waals surface area (Å²) in [7, 11) is 0. The van der Waals surface area contributed by atoms with E-state index in [2.05, 4.69) is 24.1 Å². The van der Waals surface area contributed by atoms with Crippen LogP contribution in [0.4, 0.5) is 5.95 Å². The second kappa shape index (κ2) is 6.72. The summed E-state index contributed by atoms with van der Waals surface area (Å²) in [5, 5.41) is 9.06. The van der Waals surface area contributed by atoms with E-state index in [9.17, 15) is 4.79 Å². The number of aryl methyl sites for hydroxylation is 1. The number of halogens is 2. The van der Waals surface area contributed by atoms with Crippen LogP contribution < -0.4 is 5.32 Å². The lowest BCUT2D eigenvalue weighted by Gasteiger charge is -2.37. The molecule has 0 saturated carbocycles. The molecule has 1 aliphatic heterocycles. The maximum atomic E-state index is 13.2. The summed E-state index contributed by atoms with van der Waals surface area (Å²) in [6.07, 6.45) is 1.22. The average molecular weight is 443 g/mol. The van der Waals surface area contributed by atoms with E-state index in [1.165, 1.54) is 0 Å². The fourth-order valence-corrected chi connectivity index (χ4v) is 4.75. The number of allylic oxidation sites excluding steroid dienone is 2. The van der Waals surface area contributed by atoms with Crippen LogP contribution in [0.25, 0.3) is 11.4 Å². The minimum Gasteiger partial charge on any atom is -0.464 e. The highest BCUT2D eigenvalue weighted by atomic mass is 35.5. The minimum atomic E-state index is -0.471. The lowest BCUT2D eigenvalue weighted by molar-refractivity contribution is -0.118. The van der Waals surface area contributed by atoms with E-state index >= 15 is 0 Å². The van der Waals surface area contributed by atoms with Gasteiger partial charge in [-0.05, 0) is 49.1 Å². The van der Waals surface area contributed by atoms with E-state index in [0.717, 1.165) is 17.9 Å². The van der Waals surface area contributed by atoms with Gasteiger partial charge in [-0.3, -0.25) is 4.79 Å². The van der Waals surface area contributed by atoms with Crippen molar-refractivity contribution >= 4 is 34.9 Å². The molecular weight excluding hydrogens is 423 g/mol. The van der Waals surface area contributed by atoms with Gasteiger partial charge in [0.2, 0.25) is 5.95 Å². The Kier molecular flexibility index (Phi) is 4.35. The molecule has 5 rings (SSSR count). The molecule has 0 radical (unpaired) electrons. The molecule has 1 N–H and O–H groups in total. The number of rotatable bonds is 2. The first kappa shape index (κ1) is 19.4. The van der Waals surface area contributed by atoms with Crippen LogP contribution in [0.2, 0.25) is 10.0 Å². The number of aromatic nitrogens is 3. The Bertz CT molecular complexity index is 1220. The van der Waals surface area contributed by atoms with Gasteiger partial charge < -0.3 is 9.73 Å². The van der Waals surface area contributed by atoms with Crippen molar-refractivity contribution in [2.75, 3.05) is 5.32 Å². The first-order valence-corrected chi connectivity index (χ1v) is 10.5. The number of Topliss-reactive ketones (excluding diaryl/α,β-unsaturated/α-hetero) is 1. The second-order valence-corrected chi connectivity index (χ2v) is 9.48. The molecule has 0 saturated heterocycles. The molecule has 6 nitrogen and oxygen atoms in total. The number of fused-ring (bicyclic) bond motifs is 1. The summed E-state index contributed by atoms with van der Waals surface area (Å²) in [5.74, 6) is 2.55. The first-order chi connectivity index (χ1) is 14.2. The smallest absolute Gasteiger partial charge is 0.227 e. The number of hydrogen-bond donors (Lipinski definition) is 1. The van der Waals surface area contributed by atoms with Gasteiger partial charge in [-0.15, -0.1) is 5.10 Å². The standard InChI is InChI=1S/C22H20Cl2N4O2/c1-11-4-7-17(30-11)19-18-15(9-22(2,3)10-16(18)29)25-21-26-20(27-28(19)21)13-6-5-12(23)8-14(13)24/h4-8,19H,9-10H2,1-3H3,(H,25,26,27). The zero-order chi connectivity index (χ0) is 21.2. The summed E-state index contributed by atoms with van der Waals surface area (Å²) in [6, 6.07) is 8.51. The summed E-state index contributed by atoms with van der Waals surface area (Å²) >= 11 is 12.4. The molecule has 0 spiro atoms. The van der Waals surface area contributed by atoms with Gasteiger partial charge in [0.1, 0.15) is 17.6 Å². The molecular formula is C22H20Cl2N4O2. The topological polar surface area (TPSA) is 73.0 Å². The Morgan fingerprint density at radius 2 is 2.00 bits per heavy atom. The van der Waals surface area contributed by atoms with Crippen LogP contribution in [-0.4, -0.2) is 20.5 Å². The van der Waals surface area contributed by atoms with Gasteiger partial charge in [-0.25, -0.2) is 4.68 Å². The van der Waals surface area contributed by atoms with E-state index in [1.807, 2.05) is 19.1 Å². The van der Waals surface area contributed by atoms with Gasteiger partial charge in [0, 0.05) is 28.3 Å². The van der Waals surface area contributed by atoms with Crippen molar-refractivity contribution in [3.8, 4) is 11.4 Å². The molecule has 0 bridgehead atoms. The van der Waals surface area contributed by atoms with Gasteiger partial charge >= 0.3 is 0 Å². The number of ketones is 1. The molecule has 2 aliphatic rings. The highest BCUT2D eigenvalue weighted by Gasteiger charge is 2.43. The fourth-order valence-electron chi connectivity index (χ4n) is 4.26. The zero-order valence-corrected chi connectivity index (χ0v) is 18.3. The number of nitrogens with one attached hydrogen (secondary N) is 1. The van der Waals surface area contributed by atoms with Crippen LogP contribution in [0.5, 0.6) is 0 Å². The van der Waals surface area contributed by atoms with Crippen LogP contribution in [0.1, 0.15) is 44.3 Å². The lowest BCUT2D eigenvalue weighted by atomic mass is 9.73. The molecule has 3 aromatic rings. The Morgan fingerprint density at radius 1 is 1.20 bits per heavy atom. The third-order valence-corrected chi connectivity index (χ3v) is 6.08. The van der Waals surface area contributed by atoms with E-state index in [0.29, 0.717) is 45.1 Å². The summed E-state index contributed by atoms with van der Waals surface area (Å²) in [4.78, 5) is 17.9. The zero-order valence-electron chi connectivity index (χ0n) is 16.8. The second-order valence-electron chi connectivity index (χ2n) is 8.64. The fraction of sp³-hybridized carbons (Fsp3) is 0.318. The molecule has 0 fully saturated rings. The maximum absolute atomic E-state index is 13.2. The molecule has 1 aliphatic carbocycles. The quantitative estimate of drug-likeness (QED) is 0.541. The Labute approximate surface area is 183 Å². The van der Waals surface area contributed by atoms with E-state index < -0.39 is 6.04 Å². The van der Waals surface area contributed by atoms with Crippen LogP contribution in [0.3, 0.4) is 0 Å². The molecule has 1 atom stereocenters. The lowest BCUT2D eigenvalue weighted by Crippen LogP contribution is -2.36. The molecule has 0 amide bonds. The number of benzene rings is 1. The predicted octanol–water partition coefficient (Wildman–Crippen LogP) is 5.81. The number of nitrogens with zero attached hydrogens (tertiary/aromatic N) is 3. The first-order valence-electron chi connectivity index (χ1n) is 9.73. The number of carbonyl (C=O) groups excluding carboxylic acids is 1. The molecule has 154 valence electrons. The summed E-state index contributed by atoms with van der Waals surface area (Å²) in [5.41, 5.74) is 2.11.